The van der Waals surface area contributed by atoms with Crippen molar-refractivity contribution < 1.29 is 8.42 Å². The van der Waals surface area contributed by atoms with Crippen LogP contribution in [0.15, 0.2) is 23.2 Å². The smallest absolute Gasteiger partial charge is 0.243 e. The van der Waals surface area contributed by atoms with Crippen LogP contribution in [0.3, 0.4) is 0 Å². The third kappa shape index (κ3) is 3.42. The lowest BCUT2D eigenvalue weighted by Crippen LogP contribution is -2.34. The van der Waals surface area contributed by atoms with Gasteiger partial charge < -0.3 is 0 Å². The molecule has 0 aromatic carbocycles. The Bertz CT molecular complexity index is 536. The van der Waals surface area contributed by atoms with Crippen molar-refractivity contribution in [3.63, 3.8) is 0 Å². The summed E-state index contributed by atoms with van der Waals surface area (Å²) in [4.78, 5) is 3.84. The molecule has 0 bridgehead atoms. The van der Waals surface area contributed by atoms with Gasteiger partial charge >= 0.3 is 0 Å². The summed E-state index contributed by atoms with van der Waals surface area (Å²) in [5.41, 5.74) is 0. The van der Waals surface area contributed by atoms with Gasteiger partial charge in [0, 0.05) is 19.3 Å². The minimum atomic E-state index is -3.61. The Kier molecular flexibility index (Phi) is 5.08. The van der Waals surface area contributed by atoms with E-state index < -0.39 is 10.0 Å². The standard InChI is InChI=1S/C11H14ClN3O2S/c1-3-15(8-9(2)6-13)18(16,17)10-4-5-11(12)14-7-10/h4-5,7,9H,3,8H2,1-2H3. The summed E-state index contributed by atoms with van der Waals surface area (Å²) in [6.45, 7) is 3.87. The molecule has 1 atom stereocenters. The third-order valence-corrected chi connectivity index (χ3v) is 4.54. The van der Waals surface area contributed by atoms with Crippen molar-refractivity contribution in [3.8, 4) is 6.07 Å². The number of halogens is 1. The topological polar surface area (TPSA) is 74.1 Å². The second-order valence-corrected chi connectivity index (χ2v) is 6.13. The largest absolute Gasteiger partial charge is 0.244 e. The van der Waals surface area contributed by atoms with E-state index >= 15 is 0 Å². The van der Waals surface area contributed by atoms with Gasteiger partial charge in [-0.15, -0.1) is 0 Å². The molecule has 1 aromatic rings. The first-order valence-electron chi connectivity index (χ1n) is 5.43. The zero-order chi connectivity index (χ0) is 13.8. The molecule has 0 saturated heterocycles. The molecule has 0 aliphatic heterocycles. The fourth-order valence-corrected chi connectivity index (χ4v) is 3.00. The number of nitrogens with zero attached hydrogens (tertiary/aromatic N) is 3. The van der Waals surface area contributed by atoms with Gasteiger partial charge in [0.05, 0.1) is 12.0 Å². The van der Waals surface area contributed by atoms with Crippen LogP contribution < -0.4 is 0 Å². The Morgan fingerprint density at radius 1 is 1.56 bits per heavy atom. The maximum absolute atomic E-state index is 12.3. The Hall–Kier alpha value is -1.16. The summed E-state index contributed by atoms with van der Waals surface area (Å²) in [6.07, 6.45) is 1.22. The Morgan fingerprint density at radius 3 is 2.67 bits per heavy atom. The van der Waals surface area contributed by atoms with Gasteiger partial charge in [-0.25, -0.2) is 13.4 Å². The van der Waals surface area contributed by atoms with E-state index in [1.807, 2.05) is 6.07 Å². The van der Waals surface area contributed by atoms with Crippen LogP contribution in [0.25, 0.3) is 0 Å². The van der Waals surface area contributed by atoms with Crippen LogP contribution >= 0.6 is 11.6 Å². The summed E-state index contributed by atoms with van der Waals surface area (Å²) < 4.78 is 25.8. The highest BCUT2D eigenvalue weighted by molar-refractivity contribution is 7.89. The van der Waals surface area contributed by atoms with Crippen molar-refractivity contribution in [2.45, 2.75) is 18.7 Å². The van der Waals surface area contributed by atoms with Gasteiger partial charge in [-0.05, 0) is 19.1 Å². The van der Waals surface area contributed by atoms with Crippen LogP contribution in [0.4, 0.5) is 0 Å². The van der Waals surface area contributed by atoms with E-state index in [2.05, 4.69) is 4.98 Å². The first-order chi connectivity index (χ1) is 8.41. The predicted molar refractivity (Wildman–Crippen MR) is 68.5 cm³/mol. The first kappa shape index (κ1) is 14.9. The molecule has 0 aliphatic carbocycles. The van der Waals surface area contributed by atoms with Crippen molar-refractivity contribution in [2.75, 3.05) is 13.1 Å². The number of rotatable bonds is 5. The number of nitriles is 1. The van der Waals surface area contributed by atoms with Gasteiger partial charge in [-0.2, -0.15) is 9.57 Å². The number of hydrogen-bond donors (Lipinski definition) is 0. The number of hydrogen-bond acceptors (Lipinski definition) is 4. The Labute approximate surface area is 112 Å². The van der Waals surface area contributed by atoms with Crippen LogP contribution in [0, 0.1) is 17.2 Å². The zero-order valence-electron chi connectivity index (χ0n) is 10.2. The lowest BCUT2D eigenvalue weighted by molar-refractivity contribution is 0.399. The minimum absolute atomic E-state index is 0.0823. The minimum Gasteiger partial charge on any atom is -0.243 e. The normalized spacial score (nSPS) is 13.3. The Balaban J connectivity index is 3.04. The SMILES string of the molecule is CCN(CC(C)C#N)S(=O)(=O)c1ccc(Cl)nc1. The summed E-state index contributed by atoms with van der Waals surface area (Å²) in [7, 11) is -3.61. The summed E-state index contributed by atoms with van der Waals surface area (Å²) in [6, 6.07) is 4.85. The molecule has 1 heterocycles. The second-order valence-electron chi connectivity index (χ2n) is 3.80. The molecule has 1 unspecified atom stereocenters. The molecule has 0 fully saturated rings. The quantitative estimate of drug-likeness (QED) is 0.775. The molecule has 0 radical (unpaired) electrons. The van der Waals surface area contributed by atoms with Gasteiger partial charge in [0.2, 0.25) is 10.0 Å². The van der Waals surface area contributed by atoms with Gasteiger partial charge in [0.15, 0.2) is 0 Å². The number of pyridine rings is 1. The number of sulfonamides is 1. The van der Waals surface area contributed by atoms with Gasteiger partial charge in [-0.1, -0.05) is 18.5 Å². The summed E-state index contributed by atoms with van der Waals surface area (Å²) >= 11 is 5.62. The lowest BCUT2D eigenvalue weighted by atomic mass is 10.2. The van der Waals surface area contributed by atoms with E-state index in [4.69, 9.17) is 16.9 Å². The van der Waals surface area contributed by atoms with Crippen molar-refractivity contribution in [1.29, 1.82) is 5.26 Å². The molecular weight excluding hydrogens is 274 g/mol. The zero-order valence-corrected chi connectivity index (χ0v) is 11.7. The van der Waals surface area contributed by atoms with E-state index in [9.17, 15) is 8.42 Å². The highest BCUT2D eigenvalue weighted by Crippen LogP contribution is 2.17. The molecule has 0 spiro atoms. The fourth-order valence-electron chi connectivity index (χ4n) is 1.41. The molecular formula is C11H14ClN3O2S. The average molecular weight is 288 g/mol. The van der Waals surface area contributed by atoms with Crippen molar-refractivity contribution in [1.82, 2.24) is 9.29 Å². The van der Waals surface area contributed by atoms with E-state index in [1.54, 1.807) is 13.8 Å². The van der Waals surface area contributed by atoms with Crippen molar-refractivity contribution in [2.24, 2.45) is 5.92 Å². The van der Waals surface area contributed by atoms with Crippen LogP contribution in [-0.4, -0.2) is 30.8 Å². The fraction of sp³-hybridized carbons (Fsp3) is 0.455. The third-order valence-electron chi connectivity index (χ3n) is 2.39. The second kappa shape index (κ2) is 6.14. The van der Waals surface area contributed by atoms with Crippen molar-refractivity contribution in [3.05, 3.63) is 23.5 Å². The molecule has 0 amide bonds. The van der Waals surface area contributed by atoms with Crippen LogP contribution in [-0.2, 0) is 10.0 Å². The molecule has 98 valence electrons. The summed E-state index contributed by atoms with van der Waals surface area (Å²) in [5.74, 6) is -0.361. The molecule has 5 nitrogen and oxygen atoms in total. The van der Waals surface area contributed by atoms with Crippen LogP contribution in [0.5, 0.6) is 0 Å². The molecule has 0 N–H and O–H groups in total. The molecule has 7 heteroatoms. The van der Waals surface area contributed by atoms with E-state index in [0.717, 1.165) is 0 Å². The molecule has 0 saturated carbocycles. The van der Waals surface area contributed by atoms with Crippen LogP contribution in [0.1, 0.15) is 13.8 Å². The van der Waals surface area contributed by atoms with E-state index in [1.165, 1.54) is 22.6 Å². The number of aromatic nitrogens is 1. The van der Waals surface area contributed by atoms with Crippen LogP contribution in [0.2, 0.25) is 5.15 Å². The molecule has 1 aromatic heterocycles. The maximum Gasteiger partial charge on any atom is 0.244 e. The molecule has 18 heavy (non-hydrogen) atoms. The van der Waals surface area contributed by atoms with E-state index in [0.29, 0.717) is 6.54 Å². The maximum atomic E-state index is 12.3. The molecule has 1 rings (SSSR count). The Morgan fingerprint density at radius 2 is 2.22 bits per heavy atom. The van der Waals surface area contributed by atoms with Gasteiger partial charge in [0.25, 0.3) is 0 Å². The monoisotopic (exact) mass is 287 g/mol. The predicted octanol–water partition coefficient (Wildman–Crippen LogP) is 1.91. The van der Waals surface area contributed by atoms with Gasteiger partial charge in [0.1, 0.15) is 10.0 Å². The molecule has 0 aliphatic rings. The van der Waals surface area contributed by atoms with Gasteiger partial charge in [-0.3, -0.25) is 0 Å². The van der Waals surface area contributed by atoms with E-state index in [-0.39, 0.29) is 22.5 Å². The van der Waals surface area contributed by atoms with Crippen molar-refractivity contribution >= 4 is 21.6 Å². The highest BCUT2D eigenvalue weighted by Gasteiger charge is 2.24. The highest BCUT2D eigenvalue weighted by atomic mass is 35.5. The first-order valence-corrected chi connectivity index (χ1v) is 7.25. The lowest BCUT2D eigenvalue weighted by Gasteiger charge is -2.21. The average Bonchev–Trinajstić information content (AvgIpc) is 2.35. The summed E-state index contributed by atoms with van der Waals surface area (Å²) in [5, 5.41) is 8.99.